The highest BCUT2D eigenvalue weighted by molar-refractivity contribution is 6.05. The van der Waals surface area contributed by atoms with E-state index in [-0.39, 0.29) is 11.5 Å². The maximum absolute atomic E-state index is 13.5. The van der Waals surface area contributed by atoms with E-state index < -0.39 is 0 Å². The van der Waals surface area contributed by atoms with E-state index in [9.17, 15) is 9.59 Å². The molecule has 0 spiro atoms. The number of pyridine rings is 1. The van der Waals surface area contributed by atoms with Crippen molar-refractivity contribution in [2.45, 2.75) is 20.0 Å². The largest absolute Gasteiger partial charge is 0.438 e. The lowest BCUT2D eigenvalue weighted by molar-refractivity contribution is -0.116. The fourth-order valence-electron chi connectivity index (χ4n) is 3.99. The van der Waals surface area contributed by atoms with E-state index in [2.05, 4.69) is 0 Å². The normalized spacial score (nSPS) is 12.6. The van der Waals surface area contributed by atoms with Gasteiger partial charge in [0.25, 0.3) is 5.56 Å². The topological polar surface area (TPSA) is 51.5 Å². The van der Waals surface area contributed by atoms with Crippen molar-refractivity contribution < 1.29 is 9.53 Å². The highest BCUT2D eigenvalue weighted by Gasteiger charge is 2.29. The molecule has 4 aromatic rings. The Labute approximate surface area is 173 Å². The maximum Gasteiger partial charge on any atom is 0.261 e. The summed E-state index contributed by atoms with van der Waals surface area (Å²) in [5.41, 5.74) is 2.36. The number of nitrogens with zero attached hydrogens (tertiary/aromatic N) is 2. The minimum atomic E-state index is -0.143. The van der Waals surface area contributed by atoms with Crippen LogP contribution in [-0.2, 0) is 17.9 Å². The molecular formula is C25H20N2O3. The van der Waals surface area contributed by atoms with Gasteiger partial charge in [-0.15, -0.1) is 0 Å². The molecule has 0 saturated heterocycles. The quantitative estimate of drug-likeness (QED) is 0.493. The summed E-state index contributed by atoms with van der Waals surface area (Å²) in [5.74, 6) is 0.938. The first-order valence-electron chi connectivity index (χ1n) is 9.87. The Morgan fingerprint density at radius 1 is 0.900 bits per heavy atom. The van der Waals surface area contributed by atoms with E-state index >= 15 is 0 Å². The molecule has 0 fully saturated rings. The molecule has 0 bridgehead atoms. The molecule has 5 rings (SSSR count). The third-order valence-electron chi connectivity index (χ3n) is 5.45. The van der Waals surface area contributed by atoms with Gasteiger partial charge < -0.3 is 9.64 Å². The first-order chi connectivity index (χ1) is 14.6. The van der Waals surface area contributed by atoms with Crippen molar-refractivity contribution >= 4 is 22.4 Å². The van der Waals surface area contributed by atoms with Gasteiger partial charge in [0.1, 0.15) is 11.4 Å². The van der Waals surface area contributed by atoms with Crippen molar-refractivity contribution in [2.75, 3.05) is 4.90 Å². The standard InChI is InChI=1S/C25H20N2O3/c1-17(28)26-16-19-11-5-8-14-22(19)30-25-23(26)20-12-6-7-13-21(20)24(29)27(25)15-18-9-3-2-4-10-18/h2-14H,15-16H2,1H3. The number of hydrogen-bond donors (Lipinski definition) is 0. The number of rotatable bonds is 2. The molecule has 0 saturated carbocycles. The van der Waals surface area contributed by atoms with Crippen molar-refractivity contribution in [3.05, 3.63) is 100 Å². The predicted octanol–water partition coefficient (Wildman–Crippen LogP) is 4.71. The molecule has 0 unspecified atom stereocenters. The van der Waals surface area contributed by atoms with Gasteiger partial charge in [-0.05, 0) is 17.7 Å². The summed E-state index contributed by atoms with van der Waals surface area (Å²) in [6.07, 6.45) is 0. The van der Waals surface area contributed by atoms with Crippen molar-refractivity contribution in [1.29, 1.82) is 0 Å². The minimum absolute atomic E-state index is 0.105. The molecule has 0 N–H and O–H groups in total. The number of benzene rings is 3. The molecular weight excluding hydrogens is 376 g/mol. The Morgan fingerprint density at radius 2 is 1.57 bits per heavy atom. The third kappa shape index (κ3) is 2.95. The minimum Gasteiger partial charge on any atom is -0.438 e. The summed E-state index contributed by atoms with van der Waals surface area (Å²) in [5, 5.41) is 1.28. The van der Waals surface area contributed by atoms with Crippen molar-refractivity contribution in [3.8, 4) is 11.6 Å². The van der Waals surface area contributed by atoms with E-state index in [0.29, 0.717) is 41.2 Å². The lowest BCUT2D eigenvalue weighted by Gasteiger charge is -2.24. The molecule has 5 heteroatoms. The lowest BCUT2D eigenvalue weighted by atomic mass is 10.1. The number of para-hydroxylation sites is 1. The van der Waals surface area contributed by atoms with E-state index in [1.54, 1.807) is 22.5 Å². The van der Waals surface area contributed by atoms with Gasteiger partial charge in [0.05, 0.1) is 13.1 Å². The van der Waals surface area contributed by atoms with Crippen LogP contribution in [0.5, 0.6) is 11.6 Å². The van der Waals surface area contributed by atoms with Crippen LogP contribution in [0.1, 0.15) is 18.1 Å². The van der Waals surface area contributed by atoms with Gasteiger partial charge in [-0.3, -0.25) is 14.2 Å². The maximum atomic E-state index is 13.5. The molecule has 1 amide bonds. The summed E-state index contributed by atoms with van der Waals surface area (Å²) in [7, 11) is 0. The van der Waals surface area contributed by atoms with E-state index in [1.165, 1.54) is 0 Å². The second-order valence-electron chi connectivity index (χ2n) is 7.39. The second kappa shape index (κ2) is 7.19. The van der Waals surface area contributed by atoms with E-state index in [1.807, 2.05) is 72.8 Å². The highest BCUT2D eigenvalue weighted by atomic mass is 16.5. The summed E-state index contributed by atoms with van der Waals surface area (Å²) in [4.78, 5) is 27.9. The zero-order chi connectivity index (χ0) is 20.7. The average Bonchev–Trinajstić information content (AvgIpc) is 2.95. The van der Waals surface area contributed by atoms with Crippen molar-refractivity contribution in [3.63, 3.8) is 0 Å². The summed E-state index contributed by atoms with van der Waals surface area (Å²) in [6, 6.07) is 24.8. The van der Waals surface area contributed by atoms with Gasteiger partial charge in [0.15, 0.2) is 0 Å². The van der Waals surface area contributed by atoms with Crippen LogP contribution in [0.25, 0.3) is 10.8 Å². The molecule has 3 aromatic carbocycles. The fraction of sp³-hybridized carbons (Fsp3) is 0.120. The van der Waals surface area contributed by atoms with Crippen LogP contribution in [0.4, 0.5) is 5.69 Å². The van der Waals surface area contributed by atoms with Crippen molar-refractivity contribution in [2.24, 2.45) is 0 Å². The number of hydrogen-bond acceptors (Lipinski definition) is 3. The number of fused-ring (bicyclic) bond motifs is 4. The number of amides is 1. The fourth-order valence-corrected chi connectivity index (χ4v) is 3.99. The Hall–Kier alpha value is -3.86. The highest BCUT2D eigenvalue weighted by Crippen LogP contribution is 2.42. The van der Waals surface area contributed by atoms with Crippen molar-refractivity contribution in [1.82, 2.24) is 4.57 Å². The molecule has 1 aliphatic heterocycles. The van der Waals surface area contributed by atoms with Crippen LogP contribution in [0.15, 0.2) is 83.7 Å². The van der Waals surface area contributed by atoms with Gasteiger partial charge in [-0.1, -0.05) is 66.7 Å². The van der Waals surface area contributed by atoms with Crippen LogP contribution in [0, 0.1) is 0 Å². The van der Waals surface area contributed by atoms with Gasteiger partial charge in [-0.25, -0.2) is 0 Å². The molecule has 0 aliphatic carbocycles. The molecule has 148 valence electrons. The lowest BCUT2D eigenvalue weighted by Crippen LogP contribution is -2.30. The van der Waals surface area contributed by atoms with Crippen LogP contribution in [0.3, 0.4) is 0 Å². The van der Waals surface area contributed by atoms with Crippen LogP contribution in [-0.4, -0.2) is 10.5 Å². The summed E-state index contributed by atoms with van der Waals surface area (Å²) >= 11 is 0. The predicted molar refractivity (Wildman–Crippen MR) is 117 cm³/mol. The van der Waals surface area contributed by atoms with E-state index in [0.717, 1.165) is 11.1 Å². The zero-order valence-corrected chi connectivity index (χ0v) is 16.5. The Kier molecular flexibility index (Phi) is 4.36. The first-order valence-corrected chi connectivity index (χ1v) is 9.87. The number of ether oxygens (including phenoxy) is 1. The van der Waals surface area contributed by atoms with Crippen LogP contribution >= 0.6 is 0 Å². The summed E-state index contributed by atoms with van der Waals surface area (Å²) < 4.78 is 7.97. The molecule has 2 heterocycles. The van der Waals surface area contributed by atoms with Crippen LogP contribution in [0.2, 0.25) is 0 Å². The van der Waals surface area contributed by atoms with E-state index in [4.69, 9.17) is 4.74 Å². The molecule has 1 aromatic heterocycles. The zero-order valence-electron chi connectivity index (χ0n) is 16.5. The van der Waals surface area contributed by atoms with Gasteiger partial charge in [-0.2, -0.15) is 0 Å². The number of carbonyl (C=O) groups excluding carboxylic acids is 1. The molecule has 0 radical (unpaired) electrons. The average molecular weight is 396 g/mol. The third-order valence-corrected chi connectivity index (χ3v) is 5.45. The Morgan fingerprint density at radius 3 is 2.33 bits per heavy atom. The second-order valence-corrected chi connectivity index (χ2v) is 7.39. The molecule has 5 nitrogen and oxygen atoms in total. The first kappa shape index (κ1) is 18.2. The molecule has 0 atom stereocenters. The monoisotopic (exact) mass is 396 g/mol. The molecule has 30 heavy (non-hydrogen) atoms. The Bertz CT molecular complexity index is 1330. The van der Waals surface area contributed by atoms with Gasteiger partial charge in [0, 0.05) is 23.3 Å². The van der Waals surface area contributed by atoms with Gasteiger partial charge >= 0.3 is 0 Å². The number of aromatic nitrogens is 1. The SMILES string of the molecule is CC(=O)N1Cc2ccccc2Oc2c1c1ccccc1c(=O)n2Cc1ccccc1. The van der Waals surface area contributed by atoms with Gasteiger partial charge in [0.2, 0.25) is 11.8 Å². The smallest absolute Gasteiger partial charge is 0.261 e. The summed E-state index contributed by atoms with van der Waals surface area (Å²) in [6.45, 7) is 2.27. The Balaban J connectivity index is 1.85. The van der Waals surface area contributed by atoms with Crippen LogP contribution < -0.4 is 15.2 Å². The number of anilines is 1. The number of carbonyl (C=O) groups is 1. The molecule has 1 aliphatic rings.